The molecule has 0 aromatic heterocycles. The second kappa shape index (κ2) is 6.71. The standard InChI is InChI=1S/C16H17BrO2/c1-2-13(18)7-5-11-19-15-10-9-12-6-3-4-8-14(12)16(15)17/h3-4,6,8-10H,2,5,7,11H2,1H3. The van der Waals surface area contributed by atoms with Crippen LogP contribution in [0.15, 0.2) is 40.9 Å². The summed E-state index contributed by atoms with van der Waals surface area (Å²) < 4.78 is 6.72. The third-order valence-corrected chi connectivity index (χ3v) is 3.90. The monoisotopic (exact) mass is 320 g/mol. The Balaban J connectivity index is 2.01. The van der Waals surface area contributed by atoms with Crippen LogP contribution in [0, 0.1) is 0 Å². The SMILES string of the molecule is CCC(=O)CCCOc1ccc2ccccc2c1Br. The predicted octanol–water partition coefficient (Wildman–Crippen LogP) is 4.74. The van der Waals surface area contributed by atoms with Crippen molar-refractivity contribution in [2.45, 2.75) is 26.2 Å². The van der Waals surface area contributed by atoms with E-state index in [9.17, 15) is 4.79 Å². The van der Waals surface area contributed by atoms with Crippen molar-refractivity contribution in [1.29, 1.82) is 0 Å². The van der Waals surface area contributed by atoms with Crippen LogP contribution >= 0.6 is 15.9 Å². The van der Waals surface area contributed by atoms with Crippen molar-refractivity contribution in [3.05, 3.63) is 40.9 Å². The molecule has 0 aliphatic carbocycles. The lowest BCUT2D eigenvalue weighted by molar-refractivity contribution is -0.118. The third kappa shape index (κ3) is 3.57. The van der Waals surface area contributed by atoms with E-state index >= 15 is 0 Å². The van der Waals surface area contributed by atoms with Crippen molar-refractivity contribution in [2.24, 2.45) is 0 Å². The second-order valence-corrected chi connectivity index (χ2v) is 5.24. The number of benzene rings is 2. The van der Waals surface area contributed by atoms with Crippen LogP contribution in [0.1, 0.15) is 26.2 Å². The van der Waals surface area contributed by atoms with Gasteiger partial charge in [-0.2, -0.15) is 0 Å². The lowest BCUT2D eigenvalue weighted by Crippen LogP contribution is -2.02. The number of carbonyl (C=O) groups is 1. The van der Waals surface area contributed by atoms with Crippen LogP contribution < -0.4 is 4.74 Å². The minimum absolute atomic E-state index is 0.293. The summed E-state index contributed by atoms with van der Waals surface area (Å²) in [4.78, 5) is 11.2. The Kier molecular flexibility index (Phi) is 4.97. The van der Waals surface area contributed by atoms with Crippen molar-refractivity contribution in [1.82, 2.24) is 0 Å². The van der Waals surface area contributed by atoms with Gasteiger partial charge >= 0.3 is 0 Å². The summed E-state index contributed by atoms with van der Waals surface area (Å²) in [6.45, 7) is 2.46. The fraction of sp³-hybridized carbons (Fsp3) is 0.312. The number of ether oxygens (including phenoxy) is 1. The number of hydrogen-bond donors (Lipinski definition) is 0. The normalized spacial score (nSPS) is 10.6. The number of fused-ring (bicyclic) bond motifs is 1. The molecule has 0 saturated carbocycles. The molecule has 0 amide bonds. The molecular formula is C16H17BrO2. The molecule has 0 heterocycles. The summed E-state index contributed by atoms with van der Waals surface area (Å²) in [6, 6.07) is 12.2. The topological polar surface area (TPSA) is 26.3 Å². The first-order valence-electron chi connectivity index (χ1n) is 6.54. The summed E-state index contributed by atoms with van der Waals surface area (Å²) in [5, 5.41) is 2.33. The minimum atomic E-state index is 0.293. The largest absolute Gasteiger partial charge is 0.492 e. The molecule has 0 aliphatic heterocycles. The first kappa shape index (κ1) is 14.1. The quantitative estimate of drug-likeness (QED) is 0.718. The molecule has 2 aromatic rings. The van der Waals surface area contributed by atoms with Crippen LogP contribution in [-0.4, -0.2) is 12.4 Å². The third-order valence-electron chi connectivity index (χ3n) is 3.08. The molecule has 2 nitrogen and oxygen atoms in total. The molecule has 2 rings (SSSR count). The zero-order valence-corrected chi connectivity index (χ0v) is 12.6. The molecule has 0 aliphatic rings. The first-order chi connectivity index (χ1) is 9.22. The van der Waals surface area contributed by atoms with Crippen molar-refractivity contribution >= 4 is 32.5 Å². The highest BCUT2D eigenvalue weighted by Gasteiger charge is 2.06. The van der Waals surface area contributed by atoms with Gasteiger partial charge in [-0.25, -0.2) is 0 Å². The van der Waals surface area contributed by atoms with E-state index in [-0.39, 0.29) is 0 Å². The van der Waals surface area contributed by atoms with Crippen molar-refractivity contribution < 1.29 is 9.53 Å². The molecule has 0 radical (unpaired) electrons. The Hall–Kier alpha value is -1.35. The molecule has 3 heteroatoms. The van der Waals surface area contributed by atoms with Gasteiger partial charge in [-0.05, 0) is 39.2 Å². The van der Waals surface area contributed by atoms with Gasteiger partial charge in [0, 0.05) is 12.8 Å². The summed E-state index contributed by atoms with van der Waals surface area (Å²) >= 11 is 3.58. The minimum Gasteiger partial charge on any atom is -0.492 e. The average molecular weight is 321 g/mol. The summed E-state index contributed by atoms with van der Waals surface area (Å²) in [5.74, 6) is 1.13. The van der Waals surface area contributed by atoms with E-state index in [0.29, 0.717) is 25.2 Å². The molecule has 2 aromatic carbocycles. The van der Waals surface area contributed by atoms with Gasteiger partial charge in [0.1, 0.15) is 11.5 Å². The maximum absolute atomic E-state index is 11.2. The van der Waals surface area contributed by atoms with Crippen molar-refractivity contribution in [2.75, 3.05) is 6.61 Å². The van der Waals surface area contributed by atoms with Crippen LogP contribution in [0.3, 0.4) is 0 Å². The lowest BCUT2D eigenvalue weighted by Gasteiger charge is -2.10. The fourth-order valence-electron chi connectivity index (χ4n) is 1.95. The average Bonchev–Trinajstić information content (AvgIpc) is 2.45. The van der Waals surface area contributed by atoms with Gasteiger partial charge < -0.3 is 4.74 Å². The van der Waals surface area contributed by atoms with Crippen molar-refractivity contribution in [3.63, 3.8) is 0 Å². The molecule has 0 spiro atoms. The maximum atomic E-state index is 11.2. The second-order valence-electron chi connectivity index (χ2n) is 4.44. The van der Waals surface area contributed by atoms with Gasteiger partial charge in [-0.3, -0.25) is 4.79 Å². The van der Waals surface area contributed by atoms with Crippen LogP contribution in [0.25, 0.3) is 10.8 Å². The maximum Gasteiger partial charge on any atom is 0.134 e. The van der Waals surface area contributed by atoms with Gasteiger partial charge in [0.15, 0.2) is 0 Å². The molecule has 19 heavy (non-hydrogen) atoms. The Bertz CT molecular complexity index is 578. The molecule has 100 valence electrons. The summed E-state index contributed by atoms with van der Waals surface area (Å²) in [7, 11) is 0. The Morgan fingerprint density at radius 2 is 2.00 bits per heavy atom. The van der Waals surface area contributed by atoms with Gasteiger partial charge in [-0.1, -0.05) is 37.3 Å². The Morgan fingerprint density at radius 3 is 2.79 bits per heavy atom. The van der Waals surface area contributed by atoms with Gasteiger partial charge in [0.2, 0.25) is 0 Å². The van der Waals surface area contributed by atoms with E-state index in [1.807, 2.05) is 31.2 Å². The number of halogens is 1. The van der Waals surface area contributed by atoms with Gasteiger partial charge in [0.25, 0.3) is 0 Å². The van der Waals surface area contributed by atoms with Gasteiger partial charge in [0.05, 0.1) is 11.1 Å². The van der Waals surface area contributed by atoms with Crippen LogP contribution in [0.5, 0.6) is 5.75 Å². The summed E-state index contributed by atoms with van der Waals surface area (Å²) in [6.07, 6.45) is 1.98. The molecular weight excluding hydrogens is 304 g/mol. The number of ketones is 1. The van der Waals surface area contributed by atoms with E-state index in [2.05, 4.69) is 28.1 Å². The molecule has 0 N–H and O–H groups in total. The van der Waals surface area contributed by atoms with E-state index in [1.165, 1.54) is 5.39 Å². The number of carbonyl (C=O) groups excluding carboxylic acids is 1. The highest BCUT2D eigenvalue weighted by Crippen LogP contribution is 2.33. The molecule has 0 fully saturated rings. The number of hydrogen-bond acceptors (Lipinski definition) is 2. The molecule has 0 unspecified atom stereocenters. The Morgan fingerprint density at radius 1 is 1.21 bits per heavy atom. The highest BCUT2D eigenvalue weighted by atomic mass is 79.9. The molecule has 0 saturated heterocycles. The van der Waals surface area contributed by atoms with Crippen LogP contribution in [-0.2, 0) is 4.79 Å². The molecule has 0 bridgehead atoms. The smallest absolute Gasteiger partial charge is 0.134 e. The van der Waals surface area contributed by atoms with Crippen LogP contribution in [0.2, 0.25) is 0 Å². The van der Waals surface area contributed by atoms with Crippen LogP contribution in [0.4, 0.5) is 0 Å². The first-order valence-corrected chi connectivity index (χ1v) is 7.33. The van der Waals surface area contributed by atoms with E-state index in [1.54, 1.807) is 0 Å². The van der Waals surface area contributed by atoms with Gasteiger partial charge in [-0.15, -0.1) is 0 Å². The van der Waals surface area contributed by atoms with Crippen molar-refractivity contribution in [3.8, 4) is 5.75 Å². The lowest BCUT2D eigenvalue weighted by atomic mass is 10.1. The summed E-state index contributed by atoms with van der Waals surface area (Å²) in [5.41, 5.74) is 0. The predicted molar refractivity (Wildman–Crippen MR) is 81.7 cm³/mol. The number of rotatable bonds is 6. The number of Topliss-reactive ketones (excluding diaryl/α,β-unsaturated/α-hetero) is 1. The molecule has 0 atom stereocenters. The highest BCUT2D eigenvalue weighted by molar-refractivity contribution is 9.10. The fourth-order valence-corrected chi connectivity index (χ4v) is 2.56. The van der Waals surface area contributed by atoms with E-state index < -0.39 is 0 Å². The zero-order valence-electron chi connectivity index (χ0n) is 11.0. The Labute approximate surface area is 121 Å². The zero-order chi connectivity index (χ0) is 13.7. The van der Waals surface area contributed by atoms with E-state index in [0.717, 1.165) is 22.0 Å². The van der Waals surface area contributed by atoms with E-state index in [4.69, 9.17) is 4.74 Å².